The van der Waals surface area contributed by atoms with Crippen LogP contribution in [0.2, 0.25) is 5.02 Å². The molecule has 0 unspecified atom stereocenters. The minimum Gasteiger partial charge on any atom is -0.469 e. The van der Waals surface area contributed by atoms with E-state index < -0.39 is 11.9 Å². The first-order valence-corrected chi connectivity index (χ1v) is 6.69. The van der Waals surface area contributed by atoms with Crippen LogP contribution in [0.15, 0.2) is 22.7 Å². The summed E-state index contributed by atoms with van der Waals surface area (Å²) in [6.07, 6.45) is 0. The Morgan fingerprint density at radius 1 is 1.47 bits per heavy atom. The highest BCUT2D eigenvalue weighted by Gasteiger charge is 2.14. The Bertz CT molecular complexity index is 482. The van der Waals surface area contributed by atoms with Crippen LogP contribution in [0.25, 0.3) is 0 Å². The summed E-state index contributed by atoms with van der Waals surface area (Å²) in [5.41, 5.74) is 0.552. The number of urea groups is 1. The number of anilines is 1. The zero-order valence-electron chi connectivity index (χ0n) is 10.5. The third-order valence-electron chi connectivity index (χ3n) is 2.37. The number of nitrogens with one attached hydrogen (secondary N) is 2. The number of ether oxygens (including phenoxy) is 1. The van der Waals surface area contributed by atoms with Gasteiger partial charge in [0.1, 0.15) is 0 Å². The number of methoxy groups -OCH3 is 1. The molecule has 19 heavy (non-hydrogen) atoms. The number of rotatable bonds is 4. The average molecular weight is 350 g/mol. The van der Waals surface area contributed by atoms with Crippen molar-refractivity contribution >= 4 is 45.2 Å². The largest absolute Gasteiger partial charge is 0.469 e. The first-order valence-electron chi connectivity index (χ1n) is 5.52. The van der Waals surface area contributed by atoms with Crippen LogP contribution in [-0.2, 0) is 9.53 Å². The second kappa shape index (κ2) is 7.35. The molecule has 1 aromatic carbocycles. The van der Waals surface area contributed by atoms with Crippen LogP contribution in [0, 0.1) is 5.92 Å². The molecule has 1 atom stereocenters. The molecule has 5 nitrogen and oxygen atoms in total. The smallest absolute Gasteiger partial charge is 0.319 e. The maximum absolute atomic E-state index is 11.7. The van der Waals surface area contributed by atoms with E-state index in [1.165, 1.54) is 7.11 Å². The van der Waals surface area contributed by atoms with Crippen molar-refractivity contribution in [3.8, 4) is 0 Å². The topological polar surface area (TPSA) is 67.4 Å². The summed E-state index contributed by atoms with van der Waals surface area (Å²) in [4.78, 5) is 22.8. The molecule has 0 fully saturated rings. The van der Waals surface area contributed by atoms with Crippen molar-refractivity contribution in [1.82, 2.24) is 5.32 Å². The molecule has 2 N–H and O–H groups in total. The molecule has 104 valence electrons. The number of hydrogen-bond donors (Lipinski definition) is 2. The van der Waals surface area contributed by atoms with Crippen molar-refractivity contribution in [2.75, 3.05) is 19.0 Å². The van der Waals surface area contributed by atoms with Gasteiger partial charge in [-0.2, -0.15) is 0 Å². The number of carbonyl (C=O) groups excluding carboxylic acids is 2. The fourth-order valence-corrected chi connectivity index (χ4v) is 1.84. The molecule has 1 aromatic rings. The number of halogens is 2. The van der Waals surface area contributed by atoms with Crippen molar-refractivity contribution in [2.45, 2.75) is 6.92 Å². The maximum atomic E-state index is 11.7. The maximum Gasteiger partial charge on any atom is 0.319 e. The van der Waals surface area contributed by atoms with Gasteiger partial charge in [-0.15, -0.1) is 0 Å². The summed E-state index contributed by atoms with van der Waals surface area (Å²) in [5.74, 6) is -0.775. The van der Waals surface area contributed by atoms with E-state index in [0.717, 1.165) is 0 Å². The highest BCUT2D eigenvalue weighted by Crippen LogP contribution is 2.29. The minimum absolute atomic E-state index is 0.191. The number of esters is 1. The molecule has 0 aliphatic rings. The summed E-state index contributed by atoms with van der Waals surface area (Å²) >= 11 is 9.18. The zero-order valence-corrected chi connectivity index (χ0v) is 12.8. The van der Waals surface area contributed by atoms with Crippen LogP contribution in [0.4, 0.5) is 10.5 Å². The highest BCUT2D eigenvalue weighted by molar-refractivity contribution is 9.10. The predicted octanol–water partition coefficient (Wildman–Crippen LogP) is 3.03. The van der Waals surface area contributed by atoms with E-state index in [0.29, 0.717) is 15.2 Å². The van der Waals surface area contributed by atoms with Gasteiger partial charge in [0, 0.05) is 6.54 Å². The summed E-state index contributed by atoms with van der Waals surface area (Å²) < 4.78 is 5.17. The van der Waals surface area contributed by atoms with Crippen LogP contribution in [0.3, 0.4) is 0 Å². The normalized spacial score (nSPS) is 11.6. The molecule has 0 bridgehead atoms. The molecule has 2 amide bonds. The second-order valence-corrected chi connectivity index (χ2v) is 5.06. The van der Waals surface area contributed by atoms with E-state index in [-0.39, 0.29) is 12.5 Å². The standard InChI is InChI=1S/C12H14BrClN2O3/c1-7(11(17)19-2)6-15-12(18)16-9-5-3-4-8(14)10(9)13/h3-5,7H,6H2,1-2H3,(H2,15,16,18)/t7-/m1/s1. The Morgan fingerprint density at radius 2 is 2.16 bits per heavy atom. The lowest BCUT2D eigenvalue weighted by molar-refractivity contribution is -0.144. The van der Waals surface area contributed by atoms with Crippen LogP contribution in [-0.4, -0.2) is 25.7 Å². The molecular weight excluding hydrogens is 336 g/mol. The van der Waals surface area contributed by atoms with Crippen molar-refractivity contribution in [3.05, 3.63) is 27.7 Å². The van der Waals surface area contributed by atoms with E-state index >= 15 is 0 Å². The molecule has 0 spiro atoms. The van der Waals surface area contributed by atoms with E-state index in [4.69, 9.17) is 11.6 Å². The SMILES string of the molecule is COC(=O)[C@H](C)CNC(=O)Nc1cccc(Cl)c1Br. The molecule has 7 heteroatoms. The lowest BCUT2D eigenvalue weighted by atomic mass is 10.2. The third-order valence-corrected chi connectivity index (χ3v) is 3.77. The average Bonchev–Trinajstić information content (AvgIpc) is 2.40. The van der Waals surface area contributed by atoms with Crippen molar-refractivity contribution in [1.29, 1.82) is 0 Å². The Kier molecular flexibility index (Phi) is 6.11. The first-order chi connectivity index (χ1) is 8.95. The van der Waals surface area contributed by atoms with Crippen LogP contribution < -0.4 is 10.6 Å². The van der Waals surface area contributed by atoms with Gasteiger partial charge in [-0.1, -0.05) is 24.6 Å². The second-order valence-electron chi connectivity index (χ2n) is 3.86. The highest BCUT2D eigenvalue weighted by atomic mass is 79.9. The molecule has 1 rings (SSSR count). The molecule has 0 radical (unpaired) electrons. The van der Waals surface area contributed by atoms with E-state index in [1.54, 1.807) is 25.1 Å². The van der Waals surface area contributed by atoms with Gasteiger partial charge >= 0.3 is 12.0 Å². The quantitative estimate of drug-likeness (QED) is 0.821. The van der Waals surface area contributed by atoms with Gasteiger partial charge in [-0.3, -0.25) is 4.79 Å². The van der Waals surface area contributed by atoms with Gasteiger partial charge in [0.25, 0.3) is 0 Å². The Hall–Kier alpha value is -1.27. The van der Waals surface area contributed by atoms with Crippen molar-refractivity contribution in [2.24, 2.45) is 5.92 Å². The molecule has 0 saturated carbocycles. The predicted molar refractivity (Wildman–Crippen MR) is 77.4 cm³/mol. The number of amides is 2. The summed E-state index contributed by atoms with van der Waals surface area (Å²) in [5, 5.41) is 5.71. The molecule has 0 heterocycles. The molecule has 0 saturated heterocycles. The molecule has 0 aliphatic heterocycles. The lowest BCUT2D eigenvalue weighted by Gasteiger charge is -2.12. The third kappa shape index (κ3) is 4.72. The lowest BCUT2D eigenvalue weighted by Crippen LogP contribution is -2.35. The Morgan fingerprint density at radius 3 is 2.79 bits per heavy atom. The number of benzene rings is 1. The minimum atomic E-state index is -0.418. The number of hydrogen-bond acceptors (Lipinski definition) is 3. The molecular formula is C12H14BrClN2O3. The van der Waals surface area contributed by atoms with Gasteiger partial charge < -0.3 is 15.4 Å². The van der Waals surface area contributed by atoms with Gasteiger partial charge in [-0.05, 0) is 28.1 Å². The van der Waals surface area contributed by atoms with Crippen LogP contribution in [0.1, 0.15) is 6.92 Å². The van der Waals surface area contributed by atoms with E-state index in [1.807, 2.05) is 0 Å². The van der Waals surface area contributed by atoms with Crippen molar-refractivity contribution < 1.29 is 14.3 Å². The summed E-state index contributed by atoms with van der Waals surface area (Å²) in [7, 11) is 1.31. The molecule has 0 aromatic heterocycles. The van der Waals surface area contributed by atoms with Gasteiger partial charge in [-0.25, -0.2) is 4.79 Å². The van der Waals surface area contributed by atoms with Crippen LogP contribution >= 0.6 is 27.5 Å². The van der Waals surface area contributed by atoms with E-state index in [2.05, 4.69) is 31.3 Å². The molecule has 0 aliphatic carbocycles. The van der Waals surface area contributed by atoms with Gasteiger partial charge in [0.2, 0.25) is 0 Å². The Balaban J connectivity index is 2.52. The van der Waals surface area contributed by atoms with Gasteiger partial charge in [0.05, 0.1) is 28.2 Å². The van der Waals surface area contributed by atoms with Crippen molar-refractivity contribution in [3.63, 3.8) is 0 Å². The number of carbonyl (C=O) groups is 2. The summed E-state index contributed by atoms with van der Waals surface area (Å²) in [6, 6.07) is 4.71. The monoisotopic (exact) mass is 348 g/mol. The first kappa shape index (κ1) is 15.8. The fourth-order valence-electron chi connectivity index (χ4n) is 1.30. The Labute approximate surface area is 124 Å². The fraction of sp³-hybridized carbons (Fsp3) is 0.333. The summed E-state index contributed by atoms with van der Waals surface area (Å²) in [6.45, 7) is 1.86. The van der Waals surface area contributed by atoms with Crippen LogP contribution in [0.5, 0.6) is 0 Å². The van der Waals surface area contributed by atoms with E-state index in [9.17, 15) is 9.59 Å². The zero-order chi connectivity index (χ0) is 14.4. The van der Waals surface area contributed by atoms with Gasteiger partial charge in [0.15, 0.2) is 0 Å².